The number of fused-ring (bicyclic) bond motifs is 6. The summed E-state index contributed by atoms with van der Waals surface area (Å²) in [6.07, 6.45) is 0. The zero-order valence-electron chi connectivity index (χ0n) is 27.0. The molecule has 0 N–H and O–H groups in total. The van der Waals surface area contributed by atoms with Gasteiger partial charge >= 0.3 is 0 Å². The van der Waals surface area contributed by atoms with Gasteiger partial charge in [0.05, 0.1) is 23.2 Å². The smallest absolute Gasteiger partial charge is 0.297 e. The van der Waals surface area contributed by atoms with Crippen LogP contribution in [0.5, 0.6) is 0 Å². The molecule has 2 aliphatic rings. The van der Waals surface area contributed by atoms with Gasteiger partial charge in [0.15, 0.2) is 15.3 Å². The highest BCUT2D eigenvalue weighted by molar-refractivity contribution is 8.00. The third-order valence-electron chi connectivity index (χ3n) is 9.56. The summed E-state index contributed by atoms with van der Waals surface area (Å²) in [4.78, 5) is 47.6. The van der Waals surface area contributed by atoms with E-state index in [2.05, 4.69) is 34.5 Å². The van der Waals surface area contributed by atoms with E-state index in [0.29, 0.717) is 26.7 Å². The average molecular weight is 693 g/mol. The summed E-state index contributed by atoms with van der Waals surface area (Å²) in [6, 6.07) is 35.0. The summed E-state index contributed by atoms with van der Waals surface area (Å²) < 4.78 is 6.89. The Morgan fingerprint density at radius 2 is 1.56 bits per heavy atom. The first kappa shape index (κ1) is 30.5. The molecule has 2 aromatic heterocycles. The number of benzene rings is 5. The van der Waals surface area contributed by atoms with Crippen LogP contribution in [0.3, 0.4) is 0 Å². The number of hydrogen-bond acceptors (Lipinski definition) is 8. The zero-order chi connectivity index (χ0) is 34.1. The summed E-state index contributed by atoms with van der Waals surface area (Å²) in [5, 5.41) is 11.8. The highest BCUT2D eigenvalue weighted by Gasteiger charge is 2.66. The molecule has 4 heterocycles. The molecule has 10 heteroatoms. The predicted octanol–water partition coefficient (Wildman–Crippen LogP) is 8.16. The van der Waals surface area contributed by atoms with E-state index < -0.39 is 22.8 Å². The van der Waals surface area contributed by atoms with Crippen molar-refractivity contribution in [3.63, 3.8) is 0 Å². The van der Waals surface area contributed by atoms with Crippen molar-refractivity contribution in [2.24, 2.45) is 0 Å². The minimum absolute atomic E-state index is 0.00427. The number of hydrogen-bond donors (Lipinski definition) is 0. The maximum Gasteiger partial charge on any atom is 0.297 e. The summed E-state index contributed by atoms with van der Waals surface area (Å²) in [6.45, 7) is 4.14. The van der Waals surface area contributed by atoms with E-state index in [1.54, 1.807) is 17.0 Å². The highest BCUT2D eigenvalue weighted by Crippen LogP contribution is 2.55. The molecule has 1 atom stereocenters. The molecule has 0 aliphatic carbocycles. The Kier molecular flexibility index (Phi) is 7.01. The van der Waals surface area contributed by atoms with Crippen molar-refractivity contribution in [3.05, 3.63) is 159 Å². The van der Waals surface area contributed by atoms with Crippen molar-refractivity contribution < 1.29 is 14.0 Å². The van der Waals surface area contributed by atoms with Gasteiger partial charge in [-0.2, -0.15) is 0 Å². The lowest BCUT2D eigenvalue weighted by Gasteiger charge is -2.32. The Labute approximate surface area is 295 Å². The molecule has 50 heavy (non-hydrogen) atoms. The van der Waals surface area contributed by atoms with Crippen LogP contribution in [0.1, 0.15) is 43.9 Å². The fourth-order valence-electron chi connectivity index (χ4n) is 7.22. The first-order valence-electron chi connectivity index (χ1n) is 16.2. The number of carbonyl (C=O) groups excluding carboxylic acids is 2. The molecule has 1 spiro atoms. The van der Waals surface area contributed by atoms with Crippen molar-refractivity contribution >= 4 is 67.5 Å². The molecule has 1 unspecified atom stereocenters. The third kappa shape index (κ3) is 4.48. The minimum atomic E-state index is -1.84. The first-order valence-corrected chi connectivity index (χ1v) is 18.0. The molecule has 0 radical (unpaired) electrons. The van der Waals surface area contributed by atoms with Crippen LogP contribution < -0.4 is 15.2 Å². The van der Waals surface area contributed by atoms with Gasteiger partial charge in [0.2, 0.25) is 10.9 Å². The van der Waals surface area contributed by atoms with E-state index in [1.165, 1.54) is 28.0 Å². The number of nitrogens with zero attached hydrogens (tertiary/aromatic N) is 4. The van der Waals surface area contributed by atoms with Crippen LogP contribution in [0.25, 0.3) is 21.7 Å². The van der Waals surface area contributed by atoms with E-state index in [9.17, 15) is 9.59 Å². The van der Waals surface area contributed by atoms with Gasteiger partial charge < -0.3 is 9.32 Å². The normalized spacial score (nSPS) is 16.6. The Morgan fingerprint density at radius 3 is 2.42 bits per heavy atom. The quantitative estimate of drug-likeness (QED) is 0.128. The number of rotatable bonds is 6. The molecule has 2 aliphatic heterocycles. The third-order valence-corrected chi connectivity index (χ3v) is 11.6. The monoisotopic (exact) mass is 692 g/mol. The second-order valence-corrected chi connectivity index (χ2v) is 14.8. The van der Waals surface area contributed by atoms with Gasteiger partial charge in [-0.05, 0) is 53.9 Å². The SMILES string of the molecule is Cc1ccc(CN2C(=O)C3(c4ccccc42)c2c(oc4ccc(C)cc4c2=O)C(=O)N3c2nnc(SCc3cccc4ccccc34)s2)cc1. The van der Waals surface area contributed by atoms with Crippen LogP contribution in [-0.2, 0) is 22.6 Å². The van der Waals surface area contributed by atoms with Gasteiger partial charge in [-0.25, -0.2) is 0 Å². The largest absolute Gasteiger partial charge is 0.450 e. The summed E-state index contributed by atoms with van der Waals surface area (Å²) in [7, 11) is 0. The van der Waals surface area contributed by atoms with Crippen LogP contribution in [0.4, 0.5) is 10.8 Å². The Morgan fingerprint density at radius 1 is 0.800 bits per heavy atom. The van der Waals surface area contributed by atoms with Gasteiger partial charge in [0, 0.05) is 11.3 Å². The molecule has 5 aromatic carbocycles. The van der Waals surface area contributed by atoms with Gasteiger partial charge in [-0.15, -0.1) is 10.2 Å². The second-order valence-electron chi connectivity index (χ2n) is 12.7. The maximum absolute atomic E-state index is 15.2. The molecule has 2 amide bonds. The lowest BCUT2D eigenvalue weighted by Crippen LogP contribution is -2.53. The summed E-state index contributed by atoms with van der Waals surface area (Å²) in [5.41, 5.74) is 3.17. The molecular formula is C40H28N4O4S2. The van der Waals surface area contributed by atoms with Gasteiger partial charge in [-0.1, -0.05) is 125 Å². The lowest BCUT2D eigenvalue weighted by atomic mass is 9.84. The van der Waals surface area contributed by atoms with Crippen LogP contribution in [0.2, 0.25) is 0 Å². The molecule has 0 saturated carbocycles. The van der Waals surface area contributed by atoms with E-state index in [1.807, 2.05) is 86.6 Å². The van der Waals surface area contributed by atoms with Crippen molar-refractivity contribution in [1.29, 1.82) is 0 Å². The average Bonchev–Trinajstić information content (AvgIpc) is 3.77. The Hall–Kier alpha value is -5.58. The van der Waals surface area contributed by atoms with Crippen LogP contribution in [-0.4, -0.2) is 22.0 Å². The molecule has 244 valence electrons. The molecule has 7 aromatic rings. The number of aromatic nitrogens is 2. The molecule has 0 fully saturated rings. The standard InChI is InChI=1S/C40H28N4O4S2/c1-23-14-17-25(18-15-23)21-43-31-13-6-5-12-30(31)40(37(43)47)33-34(45)29-20-24(2)16-19-32(29)48-35(33)36(46)44(40)38-41-42-39(50-38)49-22-27-10-7-9-26-8-3-4-11-28(26)27/h3-20H,21-22H2,1-2H3. The van der Waals surface area contributed by atoms with Crippen molar-refractivity contribution in [3.8, 4) is 0 Å². The molecule has 0 bridgehead atoms. The van der Waals surface area contributed by atoms with Crippen LogP contribution >= 0.6 is 23.1 Å². The van der Waals surface area contributed by atoms with E-state index in [-0.39, 0.29) is 28.6 Å². The predicted molar refractivity (Wildman–Crippen MR) is 197 cm³/mol. The number of amides is 2. The topological polar surface area (TPSA) is 96.6 Å². The van der Waals surface area contributed by atoms with Gasteiger partial charge in [0.25, 0.3) is 11.8 Å². The van der Waals surface area contributed by atoms with E-state index in [0.717, 1.165) is 33.0 Å². The van der Waals surface area contributed by atoms with Crippen LogP contribution in [0, 0.1) is 13.8 Å². The minimum Gasteiger partial charge on any atom is -0.450 e. The number of aryl methyl sites for hydroxylation is 2. The maximum atomic E-state index is 15.2. The highest BCUT2D eigenvalue weighted by atomic mass is 32.2. The lowest BCUT2D eigenvalue weighted by molar-refractivity contribution is -0.121. The Balaban J connectivity index is 1.20. The number of carbonyl (C=O) groups is 2. The van der Waals surface area contributed by atoms with Crippen LogP contribution in [0.15, 0.2) is 123 Å². The van der Waals surface area contributed by atoms with Gasteiger partial charge in [-0.3, -0.25) is 19.3 Å². The number of para-hydroxylation sites is 1. The molecule has 9 rings (SSSR count). The van der Waals surface area contributed by atoms with Gasteiger partial charge in [0.1, 0.15) is 5.58 Å². The Bertz CT molecular complexity index is 2590. The second kappa shape index (κ2) is 11.5. The summed E-state index contributed by atoms with van der Waals surface area (Å²) >= 11 is 2.72. The number of anilines is 2. The van der Waals surface area contributed by atoms with E-state index in [4.69, 9.17) is 4.42 Å². The van der Waals surface area contributed by atoms with Crippen molar-refractivity contribution in [2.45, 2.75) is 36.0 Å². The van der Waals surface area contributed by atoms with Crippen molar-refractivity contribution in [1.82, 2.24) is 10.2 Å². The molecular weight excluding hydrogens is 665 g/mol. The summed E-state index contributed by atoms with van der Waals surface area (Å²) in [5.74, 6) is -0.564. The number of thioether (sulfide) groups is 1. The molecule has 0 saturated heterocycles. The zero-order valence-corrected chi connectivity index (χ0v) is 28.7. The molecule has 8 nitrogen and oxygen atoms in total. The fraction of sp³-hybridized carbons (Fsp3) is 0.125. The first-order chi connectivity index (χ1) is 24.3. The van der Waals surface area contributed by atoms with Crippen molar-refractivity contribution in [2.75, 3.05) is 9.80 Å². The van der Waals surface area contributed by atoms with E-state index >= 15 is 4.79 Å². The fourth-order valence-corrected chi connectivity index (χ4v) is 9.11.